The largest absolute Gasteiger partial charge is 0.324 e. The molecule has 1 N–H and O–H groups in total. The summed E-state index contributed by atoms with van der Waals surface area (Å²) in [4.78, 5) is 39.4. The summed E-state index contributed by atoms with van der Waals surface area (Å²) in [7, 11) is 0. The van der Waals surface area contributed by atoms with Crippen molar-refractivity contribution in [3.8, 4) is 0 Å². The normalized spacial score (nSPS) is 15.9. The molecule has 158 valence electrons. The quantitative estimate of drug-likeness (QED) is 0.586. The lowest BCUT2D eigenvalue weighted by molar-refractivity contribution is -0.129. The Morgan fingerprint density at radius 1 is 1.00 bits per heavy atom. The number of hydrogen-bond donors (Lipinski definition) is 1. The fraction of sp³-hybridized carbons (Fsp3) is 0.174. The van der Waals surface area contributed by atoms with Crippen LogP contribution in [-0.4, -0.2) is 22.9 Å². The molecule has 4 rings (SSSR count). The zero-order chi connectivity index (χ0) is 22.0. The second-order valence-corrected chi connectivity index (χ2v) is 8.12. The second-order valence-electron chi connectivity index (χ2n) is 7.27. The zero-order valence-corrected chi connectivity index (χ0v) is 17.9. The number of carbonyl (C=O) groups excluding carboxylic acids is 2. The maximum atomic E-state index is 12.8. The molecule has 1 aromatic heterocycles. The number of halogens is 2. The highest BCUT2D eigenvalue weighted by molar-refractivity contribution is 6.31. The van der Waals surface area contributed by atoms with E-state index in [1.165, 1.54) is 16.7 Å². The fourth-order valence-corrected chi connectivity index (χ4v) is 3.89. The average molecular weight is 456 g/mol. The number of amides is 2. The predicted octanol–water partition coefficient (Wildman–Crippen LogP) is 4.20. The van der Waals surface area contributed by atoms with Crippen LogP contribution in [0.1, 0.15) is 12.0 Å². The van der Waals surface area contributed by atoms with Crippen LogP contribution in [0.3, 0.4) is 0 Å². The van der Waals surface area contributed by atoms with Gasteiger partial charge in [0.15, 0.2) is 0 Å². The van der Waals surface area contributed by atoms with Gasteiger partial charge >= 0.3 is 0 Å². The highest BCUT2D eigenvalue weighted by atomic mass is 35.5. The van der Waals surface area contributed by atoms with Crippen LogP contribution in [0.25, 0.3) is 0 Å². The summed E-state index contributed by atoms with van der Waals surface area (Å²) in [5, 5.41) is 3.90. The molecule has 1 saturated heterocycles. The van der Waals surface area contributed by atoms with Crippen LogP contribution in [0.4, 0.5) is 11.4 Å². The first-order valence-electron chi connectivity index (χ1n) is 9.74. The number of aromatic nitrogens is 1. The van der Waals surface area contributed by atoms with E-state index in [0.717, 1.165) is 5.56 Å². The minimum Gasteiger partial charge on any atom is -0.324 e. The van der Waals surface area contributed by atoms with Crippen molar-refractivity contribution in [2.75, 3.05) is 16.8 Å². The molecular formula is C23H19Cl2N3O3. The molecule has 8 heteroatoms. The first-order chi connectivity index (χ1) is 14.9. The first-order valence-corrected chi connectivity index (χ1v) is 10.5. The standard InChI is InChI=1S/C23H19Cl2N3O3/c24-16-5-8-18(9-6-16)28-12-11-19(23(28)31)22(30)26-17-7-10-21(29)27(14-17)13-15-3-1-2-4-20(15)25/h1-10,14,19H,11-13H2,(H,26,30). The number of rotatable bonds is 5. The Morgan fingerprint density at radius 3 is 2.48 bits per heavy atom. The molecule has 1 aliphatic rings. The minimum atomic E-state index is -0.792. The van der Waals surface area contributed by atoms with Crippen LogP contribution < -0.4 is 15.8 Å². The molecule has 1 unspecified atom stereocenters. The van der Waals surface area contributed by atoms with Crippen molar-refractivity contribution in [3.05, 3.63) is 92.8 Å². The van der Waals surface area contributed by atoms with Gasteiger partial charge in [0.25, 0.3) is 5.56 Å². The van der Waals surface area contributed by atoms with Gasteiger partial charge in [-0.1, -0.05) is 41.4 Å². The lowest BCUT2D eigenvalue weighted by atomic mass is 10.1. The lowest BCUT2D eigenvalue weighted by Crippen LogP contribution is -2.33. The lowest BCUT2D eigenvalue weighted by Gasteiger charge is -2.17. The molecule has 0 bridgehead atoms. The Bertz CT molecular complexity index is 1190. The topological polar surface area (TPSA) is 71.4 Å². The monoisotopic (exact) mass is 455 g/mol. The van der Waals surface area contributed by atoms with Gasteiger partial charge in [-0.05, 0) is 48.4 Å². The van der Waals surface area contributed by atoms with Crippen LogP contribution >= 0.6 is 23.2 Å². The summed E-state index contributed by atoms with van der Waals surface area (Å²) >= 11 is 12.1. The van der Waals surface area contributed by atoms with Crippen molar-refractivity contribution in [1.29, 1.82) is 0 Å². The molecule has 3 aromatic rings. The maximum Gasteiger partial charge on any atom is 0.250 e. The third-order valence-electron chi connectivity index (χ3n) is 5.21. The molecule has 31 heavy (non-hydrogen) atoms. The van der Waals surface area contributed by atoms with E-state index in [4.69, 9.17) is 23.2 Å². The van der Waals surface area contributed by atoms with Crippen LogP contribution in [0.2, 0.25) is 10.0 Å². The SMILES string of the molecule is O=C(Nc1ccc(=O)n(Cc2ccccc2Cl)c1)C1CCN(c2ccc(Cl)cc2)C1=O. The van der Waals surface area contributed by atoms with Crippen LogP contribution in [0.5, 0.6) is 0 Å². The van der Waals surface area contributed by atoms with E-state index >= 15 is 0 Å². The zero-order valence-electron chi connectivity index (χ0n) is 16.4. The number of anilines is 2. The Balaban J connectivity index is 1.47. The molecule has 0 aliphatic carbocycles. The van der Waals surface area contributed by atoms with Gasteiger partial charge in [-0.3, -0.25) is 14.4 Å². The highest BCUT2D eigenvalue weighted by Gasteiger charge is 2.37. The first kappa shape index (κ1) is 21.2. The number of benzene rings is 2. The molecule has 0 radical (unpaired) electrons. The van der Waals surface area contributed by atoms with Crippen LogP contribution in [0.15, 0.2) is 71.7 Å². The van der Waals surface area contributed by atoms with Crippen molar-refractivity contribution in [2.24, 2.45) is 5.92 Å². The Labute approximate surface area is 189 Å². The van der Waals surface area contributed by atoms with Gasteiger partial charge in [0, 0.05) is 34.5 Å². The Morgan fingerprint density at radius 2 is 1.74 bits per heavy atom. The van der Waals surface area contributed by atoms with Gasteiger partial charge in [-0.25, -0.2) is 0 Å². The molecule has 2 heterocycles. The summed E-state index contributed by atoms with van der Waals surface area (Å²) in [6.45, 7) is 0.722. The van der Waals surface area contributed by atoms with E-state index in [2.05, 4.69) is 5.32 Å². The summed E-state index contributed by atoms with van der Waals surface area (Å²) in [5.74, 6) is -1.45. The molecule has 1 aliphatic heterocycles. The molecule has 0 spiro atoms. The molecular weight excluding hydrogens is 437 g/mol. The van der Waals surface area contributed by atoms with Gasteiger partial charge in [-0.15, -0.1) is 0 Å². The number of hydrogen-bond acceptors (Lipinski definition) is 3. The van der Waals surface area contributed by atoms with Crippen molar-refractivity contribution in [3.63, 3.8) is 0 Å². The second kappa shape index (κ2) is 8.96. The van der Waals surface area contributed by atoms with Crippen LogP contribution in [0, 0.1) is 5.92 Å². The molecule has 6 nitrogen and oxygen atoms in total. The van der Waals surface area contributed by atoms with E-state index in [1.54, 1.807) is 41.4 Å². The molecule has 1 fully saturated rings. The number of pyridine rings is 1. The van der Waals surface area contributed by atoms with Gasteiger partial charge < -0.3 is 14.8 Å². The minimum absolute atomic E-state index is 0.219. The molecule has 2 aromatic carbocycles. The molecule has 0 saturated carbocycles. The van der Waals surface area contributed by atoms with Crippen molar-refractivity contribution in [1.82, 2.24) is 4.57 Å². The maximum absolute atomic E-state index is 12.8. The van der Waals surface area contributed by atoms with Crippen molar-refractivity contribution >= 4 is 46.4 Å². The molecule has 1 atom stereocenters. The van der Waals surface area contributed by atoms with E-state index in [1.807, 2.05) is 18.2 Å². The van der Waals surface area contributed by atoms with E-state index in [9.17, 15) is 14.4 Å². The van der Waals surface area contributed by atoms with E-state index in [-0.39, 0.29) is 18.0 Å². The Kier molecular flexibility index (Phi) is 6.11. The van der Waals surface area contributed by atoms with E-state index in [0.29, 0.717) is 34.4 Å². The van der Waals surface area contributed by atoms with Crippen LogP contribution in [-0.2, 0) is 16.1 Å². The van der Waals surface area contributed by atoms with Crippen molar-refractivity contribution in [2.45, 2.75) is 13.0 Å². The third-order valence-corrected chi connectivity index (χ3v) is 5.83. The predicted molar refractivity (Wildman–Crippen MR) is 122 cm³/mol. The van der Waals surface area contributed by atoms with Gasteiger partial charge in [0.1, 0.15) is 5.92 Å². The third kappa shape index (κ3) is 4.65. The summed E-state index contributed by atoms with van der Waals surface area (Å²) in [5.41, 5.74) is 1.72. The smallest absolute Gasteiger partial charge is 0.250 e. The summed E-state index contributed by atoms with van der Waals surface area (Å²) in [6, 6.07) is 17.1. The average Bonchev–Trinajstić information content (AvgIpc) is 3.14. The summed E-state index contributed by atoms with van der Waals surface area (Å²) < 4.78 is 1.47. The molecule has 2 amide bonds. The van der Waals surface area contributed by atoms with Gasteiger partial charge in [-0.2, -0.15) is 0 Å². The fourth-order valence-electron chi connectivity index (χ4n) is 3.57. The van der Waals surface area contributed by atoms with E-state index < -0.39 is 11.8 Å². The summed E-state index contributed by atoms with van der Waals surface area (Å²) in [6.07, 6.45) is 1.96. The van der Waals surface area contributed by atoms with Crippen molar-refractivity contribution < 1.29 is 9.59 Å². The number of carbonyl (C=O) groups is 2. The number of nitrogens with zero attached hydrogens (tertiary/aromatic N) is 2. The highest BCUT2D eigenvalue weighted by Crippen LogP contribution is 2.27. The van der Waals surface area contributed by atoms with Gasteiger partial charge in [0.05, 0.1) is 12.2 Å². The van der Waals surface area contributed by atoms with Gasteiger partial charge in [0.2, 0.25) is 11.8 Å². The Hall–Kier alpha value is -3.09. The number of nitrogens with one attached hydrogen (secondary N) is 1.